The topological polar surface area (TPSA) is 46.7 Å². The summed E-state index contributed by atoms with van der Waals surface area (Å²) in [6.07, 6.45) is 1.75. The van der Waals surface area contributed by atoms with Gasteiger partial charge in [0.25, 0.3) is 0 Å². The number of nitrogens with zero attached hydrogens (tertiary/aromatic N) is 1. The molecular formula is C16H23N2O2+. The van der Waals surface area contributed by atoms with Crippen LogP contribution in [0, 0.1) is 11.3 Å². The highest BCUT2D eigenvalue weighted by Crippen LogP contribution is 2.11. The van der Waals surface area contributed by atoms with Gasteiger partial charge in [-0.25, -0.2) is 0 Å². The smallest absolute Gasteiger partial charge is 0.119 e. The van der Waals surface area contributed by atoms with E-state index in [1.807, 2.05) is 12.1 Å². The van der Waals surface area contributed by atoms with E-state index in [-0.39, 0.29) is 0 Å². The lowest BCUT2D eigenvalue weighted by atomic mass is 10.2. The molecule has 0 amide bonds. The first-order valence-electron chi connectivity index (χ1n) is 7.29. The Balaban J connectivity index is 1.67. The predicted octanol–water partition coefficient (Wildman–Crippen LogP) is 1.02. The van der Waals surface area contributed by atoms with Crippen molar-refractivity contribution in [2.24, 2.45) is 0 Å². The van der Waals surface area contributed by atoms with Crippen molar-refractivity contribution in [3.8, 4) is 11.8 Å². The van der Waals surface area contributed by atoms with Crippen LogP contribution in [0.15, 0.2) is 24.3 Å². The lowest BCUT2D eigenvalue weighted by Crippen LogP contribution is -3.15. The molecule has 4 nitrogen and oxygen atoms in total. The quantitative estimate of drug-likeness (QED) is 0.816. The molecule has 0 bridgehead atoms. The molecule has 0 saturated carbocycles. The summed E-state index contributed by atoms with van der Waals surface area (Å²) in [5.74, 6) is 0.836. The third kappa shape index (κ3) is 4.52. The van der Waals surface area contributed by atoms with Gasteiger partial charge in [0, 0.05) is 6.42 Å². The fourth-order valence-corrected chi connectivity index (χ4v) is 2.73. The number of quaternary nitrogens is 1. The van der Waals surface area contributed by atoms with Crippen LogP contribution in [0.3, 0.4) is 0 Å². The lowest BCUT2D eigenvalue weighted by Gasteiger charge is -2.32. The highest BCUT2D eigenvalue weighted by molar-refractivity contribution is 5.34. The van der Waals surface area contributed by atoms with Crippen LogP contribution in [0.2, 0.25) is 0 Å². The molecule has 20 heavy (non-hydrogen) atoms. The van der Waals surface area contributed by atoms with Crippen molar-refractivity contribution in [1.82, 2.24) is 0 Å². The third-order valence-electron chi connectivity index (χ3n) is 3.54. The average molecular weight is 275 g/mol. The van der Waals surface area contributed by atoms with Gasteiger partial charge in [-0.1, -0.05) is 0 Å². The average Bonchev–Trinajstić information content (AvgIpc) is 2.43. The first-order chi connectivity index (χ1) is 9.67. The molecule has 0 spiro atoms. The number of nitrogens with one attached hydrogen (secondary N) is 1. The second-order valence-electron chi connectivity index (χ2n) is 5.50. The van der Waals surface area contributed by atoms with Crippen molar-refractivity contribution in [1.29, 1.82) is 5.26 Å². The molecule has 1 saturated heterocycles. The zero-order valence-corrected chi connectivity index (χ0v) is 12.3. The maximum Gasteiger partial charge on any atom is 0.119 e. The minimum Gasteiger partial charge on any atom is -0.493 e. The van der Waals surface area contributed by atoms with Crippen LogP contribution in [0.1, 0.15) is 25.8 Å². The zero-order chi connectivity index (χ0) is 14.4. The van der Waals surface area contributed by atoms with Gasteiger partial charge in [-0.05, 0) is 38.1 Å². The molecule has 1 aromatic carbocycles. The van der Waals surface area contributed by atoms with E-state index in [4.69, 9.17) is 14.7 Å². The standard InChI is InChI=1S/C16H22N2O2/c1-13-11-18(12-14(2)20-13)8-3-9-19-16-6-4-15(10-17)5-7-16/h4-7,13-14H,3,8-9,11-12H2,1-2H3/p+1/t13-,14-/m1/s1. The molecule has 108 valence electrons. The summed E-state index contributed by atoms with van der Waals surface area (Å²) in [6.45, 7) is 8.29. The zero-order valence-electron chi connectivity index (χ0n) is 12.3. The first-order valence-corrected chi connectivity index (χ1v) is 7.29. The Morgan fingerprint density at radius 1 is 1.25 bits per heavy atom. The monoisotopic (exact) mass is 275 g/mol. The Hall–Kier alpha value is -1.57. The van der Waals surface area contributed by atoms with Crippen LogP contribution >= 0.6 is 0 Å². The van der Waals surface area contributed by atoms with Gasteiger partial charge in [0.05, 0.1) is 24.8 Å². The summed E-state index contributed by atoms with van der Waals surface area (Å²) in [7, 11) is 0. The summed E-state index contributed by atoms with van der Waals surface area (Å²) in [6, 6.07) is 9.37. The van der Waals surface area contributed by atoms with Crippen LogP contribution in [0.25, 0.3) is 0 Å². The molecule has 1 heterocycles. The molecule has 2 rings (SSSR count). The molecule has 1 fully saturated rings. The number of hydrogen-bond donors (Lipinski definition) is 1. The molecule has 0 aromatic heterocycles. The summed E-state index contributed by atoms with van der Waals surface area (Å²) in [5.41, 5.74) is 0.665. The second kappa shape index (κ2) is 7.28. The van der Waals surface area contributed by atoms with Crippen molar-refractivity contribution in [2.75, 3.05) is 26.2 Å². The van der Waals surface area contributed by atoms with Crippen molar-refractivity contribution >= 4 is 0 Å². The number of nitriles is 1. The highest BCUT2D eigenvalue weighted by Gasteiger charge is 2.24. The molecule has 0 unspecified atom stereocenters. The van der Waals surface area contributed by atoms with Gasteiger partial charge in [0.2, 0.25) is 0 Å². The Kier molecular flexibility index (Phi) is 5.40. The number of rotatable bonds is 5. The van der Waals surface area contributed by atoms with E-state index in [2.05, 4.69) is 19.9 Å². The molecule has 2 atom stereocenters. The van der Waals surface area contributed by atoms with Crippen molar-refractivity contribution in [2.45, 2.75) is 32.5 Å². The van der Waals surface area contributed by atoms with Gasteiger partial charge >= 0.3 is 0 Å². The van der Waals surface area contributed by atoms with E-state index in [0.717, 1.165) is 38.4 Å². The first kappa shape index (κ1) is 14.8. The summed E-state index contributed by atoms with van der Waals surface area (Å²) < 4.78 is 11.4. The maximum atomic E-state index is 8.73. The second-order valence-corrected chi connectivity index (χ2v) is 5.50. The molecular weight excluding hydrogens is 252 g/mol. The van der Waals surface area contributed by atoms with Crippen molar-refractivity contribution < 1.29 is 14.4 Å². The van der Waals surface area contributed by atoms with Crippen LogP contribution in [-0.4, -0.2) is 38.4 Å². The predicted molar refractivity (Wildman–Crippen MR) is 76.8 cm³/mol. The van der Waals surface area contributed by atoms with E-state index in [1.54, 1.807) is 17.0 Å². The van der Waals surface area contributed by atoms with E-state index in [1.165, 1.54) is 0 Å². The van der Waals surface area contributed by atoms with E-state index < -0.39 is 0 Å². The maximum absolute atomic E-state index is 8.73. The van der Waals surface area contributed by atoms with Crippen molar-refractivity contribution in [3.63, 3.8) is 0 Å². The van der Waals surface area contributed by atoms with Crippen LogP contribution in [-0.2, 0) is 4.74 Å². The van der Waals surface area contributed by atoms with Gasteiger partial charge in [-0.3, -0.25) is 0 Å². The van der Waals surface area contributed by atoms with Gasteiger partial charge < -0.3 is 14.4 Å². The summed E-state index contributed by atoms with van der Waals surface area (Å²) in [5, 5.41) is 8.73. The molecule has 0 aliphatic carbocycles. The normalized spacial score (nSPS) is 25.9. The summed E-state index contributed by atoms with van der Waals surface area (Å²) >= 11 is 0. The largest absolute Gasteiger partial charge is 0.493 e. The summed E-state index contributed by atoms with van der Waals surface area (Å²) in [4.78, 5) is 1.60. The molecule has 1 aliphatic heterocycles. The minimum absolute atomic E-state index is 0.355. The van der Waals surface area contributed by atoms with E-state index in [0.29, 0.717) is 17.8 Å². The molecule has 1 N–H and O–H groups in total. The Morgan fingerprint density at radius 2 is 1.90 bits per heavy atom. The number of ether oxygens (including phenoxy) is 2. The van der Waals surface area contributed by atoms with Gasteiger partial charge in [0.15, 0.2) is 0 Å². The van der Waals surface area contributed by atoms with E-state index >= 15 is 0 Å². The van der Waals surface area contributed by atoms with Crippen LogP contribution in [0.5, 0.6) is 5.75 Å². The fraction of sp³-hybridized carbons (Fsp3) is 0.562. The Morgan fingerprint density at radius 3 is 2.50 bits per heavy atom. The minimum atomic E-state index is 0.355. The number of hydrogen-bond acceptors (Lipinski definition) is 3. The van der Waals surface area contributed by atoms with E-state index in [9.17, 15) is 0 Å². The number of benzene rings is 1. The fourth-order valence-electron chi connectivity index (χ4n) is 2.73. The van der Waals surface area contributed by atoms with Crippen molar-refractivity contribution in [3.05, 3.63) is 29.8 Å². The molecule has 0 radical (unpaired) electrons. The Bertz CT molecular complexity index is 443. The van der Waals surface area contributed by atoms with Crippen LogP contribution < -0.4 is 9.64 Å². The SMILES string of the molecule is C[C@@H]1C[NH+](CCCOc2ccc(C#N)cc2)C[C@@H](C)O1. The van der Waals surface area contributed by atoms with Gasteiger partial charge in [0.1, 0.15) is 31.0 Å². The third-order valence-corrected chi connectivity index (χ3v) is 3.54. The Labute approximate surface area is 120 Å². The lowest BCUT2D eigenvalue weighted by molar-refractivity contribution is -0.915. The van der Waals surface area contributed by atoms with Crippen LogP contribution in [0.4, 0.5) is 0 Å². The molecule has 1 aliphatic rings. The van der Waals surface area contributed by atoms with Gasteiger partial charge in [-0.2, -0.15) is 5.26 Å². The molecule has 1 aromatic rings. The molecule has 4 heteroatoms. The number of morpholine rings is 1. The van der Waals surface area contributed by atoms with Gasteiger partial charge in [-0.15, -0.1) is 0 Å². The highest BCUT2D eigenvalue weighted by atomic mass is 16.5.